The molecule has 0 aliphatic heterocycles. The number of amides is 1. The predicted molar refractivity (Wildman–Crippen MR) is 62.8 cm³/mol. The van der Waals surface area contributed by atoms with Crippen LogP contribution in [0, 0.1) is 17.6 Å². The lowest BCUT2D eigenvalue weighted by Gasteiger charge is -2.13. The van der Waals surface area contributed by atoms with Crippen molar-refractivity contribution in [1.29, 1.82) is 0 Å². The van der Waals surface area contributed by atoms with Crippen LogP contribution in [0.4, 0.5) is 8.78 Å². The van der Waals surface area contributed by atoms with Crippen molar-refractivity contribution < 1.29 is 13.6 Å². The molecule has 0 bridgehead atoms. The maximum Gasteiger partial charge on any atom is 0.254 e. The van der Waals surface area contributed by atoms with Crippen LogP contribution in [0.15, 0.2) is 18.2 Å². The lowest BCUT2D eigenvalue weighted by Crippen LogP contribution is -2.29. The smallest absolute Gasteiger partial charge is 0.254 e. The van der Waals surface area contributed by atoms with Gasteiger partial charge in [0.15, 0.2) is 11.6 Å². The van der Waals surface area contributed by atoms with Crippen molar-refractivity contribution in [2.24, 2.45) is 5.92 Å². The molecule has 1 rings (SSSR count). The summed E-state index contributed by atoms with van der Waals surface area (Å²) in [4.78, 5) is 11.6. The number of rotatable bonds is 5. The Hall–Kier alpha value is -1.45. The first-order valence-corrected chi connectivity index (χ1v) is 5.82. The second kappa shape index (κ2) is 6.33. The number of carbonyl (C=O) groups excluding carboxylic acids is 1. The van der Waals surface area contributed by atoms with Gasteiger partial charge in [-0.2, -0.15) is 0 Å². The van der Waals surface area contributed by atoms with E-state index in [1.165, 1.54) is 12.1 Å². The van der Waals surface area contributed by atoms with Gasteiger partial charge in [-0.25, -0.2) is 8.78 Å². The third-order valence-electron chi connectivity index (χ3n) is 2.90. The van der Waals surface area contributed by atoms with Gasteiger partial charge in [0.05, 0.1) is 5.56 Å². The van der Waals surface area contributed by atoms with Gasteiger partial charge in [0, 0.05) is 6.54 Å². The molecule has 0 radical (unpaired) electrons. The topological polar surface area (TPSA) is 29.1 Å². The van der Waals surface area contributed by atoms with Crippen molar-refractivity contribution in [1.82, 2.24) is 5.32 Å². The van der Waals surface area contributed by atoms with Gasteiger partial charge in [0.25, 0.3) is 5.91 Å². The van der Waals surface area contributed by atoms with Gasteiger partial charge < -0.3 is 5.32 Å². The quantitative estimate of drug-likeness (QED) is 0.843. The molecule has 0 saturated heterocycles. The van der Waals surface area contributed by atoms with Gasteiger partial charge in [-0.1, -0.05) is 32.8 Å². The summed E-state index contributed by atoms with van der Waals surface area (Å²) in [5.41, 5.74) is -0.240. The highest BCUT2D eigenvalue weighted by Crippen LogP contribution is 2.12. The molecule has 1 amide bonds. The number of hydrogen-bond acceptors (Lipinski definition) is 1. The average molecular weight is 241 g/mol. The standard InChI is InChI=1S/C13H17F2NO/c1-3-9(4-2)8-16-13(17)10-6-5-7-11(14)12(10)15/h5-7,9H,3-4,8H2,1-2H3,(H,16,17). The molecule has 0 fully saturated rings. The molecule has 0 heterocycles. The van der Waals surface area contributed by atoms with E-state index in [4.69, 9.17) is 0 Å². The summed E-state index contributed by atoms with van der Waals surface area (Å²) < 4.78 is 26.2. The molecule has 0 unspecified atom stereocenters. The van der Waals surface area contributed by atoms with Crippen molar-refractivity contribution in [3.8, 4) is 0 Å². The summed E-state index contributed by atoms with van der Waals surface area (Å²) in [6.07, 6.45) is 1.89. The van der Waals surface area contributed by atoms with Gasteiger partial charge in [-0.3, -0.25) is 4.79 Å². The van der Waals surface area contributed by atoms with Crippen LogP contribution in [0.1, 0.15) is 37.0 Å². The molecule has 0 spiro atoms. The van der Waals surface area contributed by atoms with Gasteiger partial charge in [-0.05, 0) is 18.1 Å². The van der Waals surface area contributed by atoms with E-state index in [-0.39, 0.29) is 5.56 Å². The Bertz CT molecular complexity index is 389. The van der Waals surface area contributed by atoms with E-state index in [9.17, 15) is 13.6 Å². The van der Waals surface area contributed by atoms with Gasteiger partial charge in [0.2, 0.25) is 0 Å². The van der Waals surface area contributed by atoms with Crippen molar-refractivity contribution in [2.75, 3.05) is 6.54 Å². The molecule has 0 aliphatic carbocycles. The monoisotopic (exact) mass is 241 g/mol. The minimum Gasteiger partial charge on any atom is -0.352 e. The van der Waals surface area contributed by atoms with Crippen LogP contribution in [0.25, 0.3) is 0 Å². The normalized spacial score (nSPS) is 10.6. The SMILES string of the molecule is CCC(CC)CNC(=O)c1cccc(F)c1F. The van der Waals surface area contributed by atoms with Gasteiger partial charge in [0.1, 0.15) is 0 Å². The van der Waals surface area contributed by atoms with Crippen LogP contribution in [0.3, 0.4) is 0 Å². The third-order valence-corrected chi connectivity index (χ3v) is 2.90. The first kappa shape index (κ1) is 13.6. The largest absolute Gasteiger partial charge is 0.352 e. The zero-order valence-corrected chi connectivity index (χ0v) is 10.1. The molecule has 0 aromatic heterocycles. The van der Waals surface area contributed by atoms with Crippen molar-refractivity contribution in [2.45, 2.75) is 26.7 Å². The van der Waals surface area contributed by atoms with Crippen molar-refractivity contribution in [3.05, 3.63) is 35.4 Å². The van der Waals surface area contributed by atoms with Gasteiger partial charge >= 0.3 is 0 Å². The summed E-state index contributed by atoms with van der Waals surface area (Å²) >= 11 is 0. The number of halogens is 2. The molecule has 17 heavy (non-hydrogen) atoms. The predicted octanol–water partition coefficient (Wildman–Crippen LogP) is 3.13. The van der Waals surface area contributed by atoms with E-state index in [1.54, 1.807) is 0 Å². The molecule has 1 aromatic rings. The fourth-order valence-electron chi connectivity index (χ4n) is 1.59. The number of benzene rings is 1. The Balaban J connectivity index is 2.67. The first-order valence-electron chi connectivity index (χ1n) is 5.82. The summed E-state index contributed by atoms with van der Waals surface area (Å²) in [6.45, 7) is 4.55. The molecule has 94 valence electrons. The number of carbonyl (C=O) groups is 1. The molecule has 0 atom stereocenters. The maximum absolute atomic E-state index is 13.3. The zero-order chi connectivity index (χ0) is 12.8. The Morgan fingerprint density at radius 2 is 1.94 bits per heavy atom. The van der Waals surface area contributed by atoms with Crippen molar-refractivity contribution >= 4 is 5.91 Å². The fourth-order valence-corrected chi connectivity index (χ4v) is 1.59. The first-order chi connectivity index (χ1) is 8.10. The lowest BCUT2D eigenvalue weighted by molar-refractivity contribution is 0.0941. The van der Waals surface area contributed by atoms with Gasteiger partial charge in [-0.15, -0.1) is 0 Å². The summed E-state index contributed by atoms with van der Waals surface area (Å²) in [6, 6.07) is 3.60. The maximum atomic E-state index is 13.3. The average Bonchev–Trinajstić information content (AvgIpc) is 2.33. The van der Waals surface area contributed by atoms with E-state index >= 15 is 0 Å². The Labute approximate surface area is 100 Å². The van der Waals surface area contributed by atoms with E-state index in [0.717, 1.165) is 18.9 Å². The molecule has 1 aromatic carbocycles. The lowest BCUT2D eigenvalue weighted by atomic mass is 10.0. The highest BCUT2D eigenvalue weighted by Gasteiger charge is 2.15. The third kappa shape index (κ3) is 3.51. The van der Waals surface area contributed by atoms with E-state index < -0.39 is 17.5 Å². The van der Waals surface area contributed by atoms with Crippen LogP contribution in [-0.4, -0.2) is 12.5 Å². The minimum absolute atomic E-state index is 0.240. The molecule has 4 heteroatoms. The molecule has 0 saturated carbocycles. The summed E-state index contributed by atoms with van der Waals surface area (Å²) in [5, 5.41) is 2.62. The Kier molecular flexibility index (Phi) is 5.07. The van der Waals surface area contributed by atoms with E-state index in [1.807, 2.05) is 13.8 Å². The molecule has 2 nitrogen and oxygen atoms in total. The van der Waals surface area contributed by atoms with E-state index in [2.05, 4.69) is 5.32 Å². The van der Waals surface area contributed by atoms with E-state index in [0.29, 0.717) is 12.5 Å². The second-order valence-electron chi connectivity index (χ2n) is 3.99. The summed E-state index contributed by atoms with van der Waals surface area (Å²) in [5.74, 6) is -2.28. The minimum atomic E-state index is -1.09. The molecule has 1 N–H and O–H groups in total. The van der Waals surface area contributed by atoms with Crippen molar-refractivity contribution in [3.63, 3.8) is 0 Å². The molecular weight excluding hydrogens is 224 g/mol. The highest BCUT2D eigenvalue weighted by atomic mass is 19.2. The van der Waals surface area contributed by atoms with Crippen LogP contribution in [0.2, 0.25) is 0 Å². The zero-order valence-electron chi connectivity index (χ0n) is 10.1. The Morgan fingerprint density at radius 3 is 2.53 bits per heavy atom. The summed E-state index contributed by atoms with van der Waals surface area (Å²) in [7, 11) is 0. The fraction of sp³-hybridized carbons (Fsp3) is 0.462. The van der Waals surface area contributed by atoms with Crippen LogP contribution in [0.5, 0.6) is 0 Å². The molecule has 0 aliphatic rings. The second-order valence-corrected chi connectivity index (χ2v) is 3.99. The molecular formula is C13H17F2NO. The van der Waals surface area contributed by atoms with Crippen LogP contribution < -0.4 is 5.32 Å². The number of nitrogens with one attached hydrogen (secondary N) is 1. The van der Waals surface area contributed by atoms with Crippen LogP contribution in [-0.2, 0) is 0 Å². The number of hydrogen-bond donors (Lipinski definition) is 1. The Morgan fingerprint density at radius 1 is 1.29 bits per heavy atom. The highest BCUT2D eigenvalue weighted by molar-refractivity contribution is 5.94. The van der Waals surface area contributed by atoms with Crippen LogP contribution >= 0.6 is 0 Å².